The zero-order valence-corrected chi connectivity index (χ0v) is 10.3. The number of hydrogen-bond acceptors (Lipinski definition) is 2. The maximum atomic E-state index is 11.5. The Morgan fingerprint density at radius 3 is 2.59 bits per heavy atom. The van der Waals surface area contributed by atoms with Crippen LogP contribution in [0.1, 0.15) is 16.2 Å². The molecule has 1 N–H and O–H groups in total. The van der Waals surface area contributed by atoms with Crippen molar-refractivity contribution in [2.75, 3.05) is 7.05 Å². The first kappa shape index (κ1) is 11.7. The lowest BCUT2D eigenvalue weighted by Gasteiger charge is -2.03. The van der Waals surface area contributed by atoms with E-state index in [1.54, 1.807) is 29.9 Å². The van der Waals surface area contributed by atoms with E-state index in [1.807, 2.05) is 19.1 Å². The van der Waals surface area contributed by atoms with E-state index >= 15 is 0 Å². The highest BCUT2D eigenvalue weighted by Gasteiger charge is 2.11. The number of nitrogens with one attached hydrogen (secondary N) is 1. The number of rotatable bonds is 2. The molecule has 0 bridgehead atoms. The fourth-order valence-corrected chi connectivity index (χ4v) is 1.68. The van der Waals surface area contributed by atoms with Crippen LogP contribution < -0.4 is 5.32 Å². The van der Waals surface area contributed by atoms with E-state index < -0.39 is 0 Å². The van der Waals surface area contributed by atoms with Crippen LogP contribution in [0.25, 0.3) is 5.69 Å². The third-order valence-corrected chi connectivity index (χ3v) is 2.67. The summed E-state index contributed by atoms with van der Waals surface area (Å²) in [7, 11) is 1.58. The van der Waals surface area contributed by atoms with Gasteiger partial charge in [0.2, 0.25) is 0 Å². The summed E-state index contributed by atoms with van der Waals surface area (Å²) in [6.45, 7) is 1.90. The van der Waals surface area contributed by atoms with Crippen LogP contribution >= 0.6 is 11.6 Å². The molecule has 0 fully saturated rings. The number of aryl methyl sites for hydroxylation is 1. The van der Waals surface area contributed by atoms with Crippen molar-refractivity contribution in [1.29, 1.82) is 0 Å². The van der Waals surface area contributed by atoms with Crippen molar-refractivity contribution < 1.29 is 4.79 Å². The number of amides is 1. The molecule has 2 rings (SSSR count). The predicted molar refractivity (Wildman–Crippen MR) is 66.7 cm³/mol. The third kappa shape index (κ3) is 2.31. The summed E-state index contributed by atoms with van der Waals surface area (Å²) in [5, 5.41) is 7.46. The third-order valence-electron chi connectivity index (χ3n) is 2.42. The van der Waals surface area contributed by atoms with Gasteiger partial charge in [0.05, 0.1) is 5.69 Å². The molecule has 1 aromatic heterocycles. The Kier molecular flexibility index (Phi) is 3.15. The standard InChI is InChI=1S/C12H12ClN3O/c1-8-7-11(12(17)14-2)15-16(8)10-5-3-9(13)4-6-10/h3-7H,1-2H3,(H,14,17). The highest BCUT2D eigenvalue weighted by atomic mass is 35.5. The molecule has 0 saturated carbocycles. The molecule has 4 nitrogen and oxygen atoms in total. The van der Waals surface area contributed by atoms with Crippen molar-refractivity contribution in [1.82, 2.24) is 15.1 Å². The minimum absolute atomic E-state index is 0.194. The van der Waals surface area contributed by atoms with Gasteiger partial charge < -0.3 is 5.32 Å². The van der Waals surface area contributed by atoms with E-state index in [4.69, 9.17) is 11.6 Å². The van der Waals surface area contributed by atoms with Gasteiger partial charge in [-0.15, -0.1) is 0 Å². The van der Waals surface area contributed by atoms with Crippen LogP contribution in [0.15, 0.2) is 30.3 Å². The van der Waals surface area contributed by atoms with E-state index in [-0.39, 0.29) is 5.91 Å². The quantitative estimate of drug-likeness (QED) is 0.887. The highest BCUT2D eigenvalue weighted by molar-refractivity contribution is 6.30. The van der Waals surface area contributed by atoms with Gasteiger partial charge in [-0.25, -0.2) is 4.68 Å². The molecule has 0 aliphatic rings. The average molecular weight is 250 g/mol. The molecule has 0 spiro atoms. The van der Waals surface area contributed by atoms with Crippen LogP contribution in [-0.2, 0) is 0 Å². The van der Waals surface area contributed by atoms with Gasteiger partial charge in [-0.1, -0.05) is 11.6 Å². The molecular weight excluding hydrogens is 238 g/mol. The van der Waals surface area contributed by atoms with Crippen LogP contribution in [0.3, 0.4) is 0 Å². The smallest absolute Gasteiger partial charge is 0.271 e. The summed E-state index contributed by atoms with van der Waals surface area (Å²) in [6.07, 6.45) is 0. The summed E-state index contributed by atoms with van der Waals surface area (Å²) < 4.78 is 1.71. The fraction of sp³-hybridized carbons (Fsp3) is 0.167. The Hall–Kier alpha value is -1.81. The van der Waals surface area contributed by atoms with Crippen molar-refractivity contribution in [3.8, 4) is 5.69 Å². The molecule has 1 heterocycles. The van der Waals surface area contributed by atoms with Crippen molar-refractivity contribution in [2.45, 2.75) is 6.92 Å². The second-order valence-corrected chi connectivity index (χ2v) is 4.07. The molecule has 2 aromatic rings. The largest absolute Gasteiger partial charge is 0.354 e. The van der Waals surface area contributed by atoms with Crippen molar-refractivity contribution in [2.24, 2.45) is 0 Å². The van der Waals surface area contributed by atoms with Gasteiger partial charge in [-0.2, -0.15) is 5.10 Å². The van der Waals surface area contributed by atoms with Crippen LogP contribution in [0, 0.1) is 6.92 Å². The molecular formula is C12H12ClN3O. The first-order chi connectivity index (χ1) is 8.11. The average Bonchev–Trinajstić information content (AvgIpc) is 2.71. The monoisotopic (exact) mass is 249 g/mol. The minimum Gasteiger partial charge on any atom is -0.354 e. The van der Waals surface area contributed by atoms with Crippen LogP contribution in [0.4, 0.5) is 0 Å². The molecule has 0 aliphatic heterocycles. The van der Waals surface area contributed by atoms with Gasteiger partial charge in [-0.05, 0) is 37.3 Å². The number of aromatic nitrogens is 2. The van der Waals surface area contributed by atoms with Crippen molar-refractivity contribution in [3.63, 3.8) is 0 Å². The lowest BCUT2D eigenvalue weighted by atomic mass is 10.3. The molecule has 0 saturated heterocycles. The van der Waals surface area contributed by atoms with E-state index in [0.717, 1.165) is 11.4 Å². The SMILES string of the molecule is CNC(=O)c1cc(C)n(-c2ccc(Cl)cc2)n1. The predicted octanol–water partition coefficient (Wildman–Crippen LogP) is 2.19. The number of nitrogens with zero attached hydrogens (tertiary/aromatic N) is 2. The van der Waals surface area contributed by atoms with E-state index in [9.17, 15) is 4.79 Å². The maximum Gasteiger partial charge on any atom is 0.271 e. The van der Waals surface area contributed by atoms with Crippen molar-refractivity contribution in [3.05, 3.63) is 46.7 Å². The molecule has 0 atom stereocenters. The summed E-state index contributed by atoms with van der Waals surface area (Å²) in [6, 6.07) is 9.04. The molecule has 0 aliphatic carbocycles. The lowest BCUT2D eigenvalue weighted by Crippen LogP contribution is -2.18. The van der Waals surface area contributed by atoms with Gasteiger partial charge in [0.15, 0.2) is 5.69 Å². The van der Waals surface area contributed by atoms with E-state index in [2.05, 4.69) is 10.4 Å². The second kappa shape index (κ2) is 4.59. The zero-order chi connectivity index (χ0) is 12.4. The molecule has 17 heavy (non-hydrogen) atoms. The first-order valence-corrected chi connectivity index (χ1v) is 5.54. The van der Waals surface area contributed by atoms with Gasteiger partial charge in [0, 0.05) is 17.8 Å². The molecule has 1 aromatic carbocycles. The number of carbonyl (C=O) groups excluding carboxylic acids is 1. The Morgan fingerprint density at radius 2 is 2.00 bits per heavy atom. The molecule has 0 unspecified atom stereocenters. The van der Waals surface area contributed by atoms with Crippen molar-refractivity contribution >= 4 is 17.5 Å². The molecule has 1 amide bonds. The first-order valence-electron chi connectivity index (χ1n) is 5.16. The summed E-state index contributed by atoms with van der Waals surface area (Å²) >= 11 is 5.82. The minimum atomic E-state index is -0.194. The Morgan fingerprint density at radius 1 is 1.35 bits per heavy atom. The summed E-state index contributed by atoms with van der Waals surface area (Å²) in [5.41, 5.74) is 2.17. The zero-order valence-electron chi connectivity index (χ0n) is 9.57. The van der Waals surface area contributed by atoms with E-state index in [1.165, 1.54) is 0 Å². The van der Waals surface area contributed by atoms with Crippen LogP contribution in [-0.4, -0.2) is 22.7 Å². The second-order valence-electron chi connectivity index (χ2n) is 3.64. The normalized spacial score (nSPS) is 10.3. The lowest BCUT2D eigenvalue weighted by molar-refractivity contribution is 0.0957. The molecule has 88 valence electrons. The molecule has 5 heteroatoms. The Balaban J connectivity index is 2.42. The summed E-state index contributed by atoms with van der Waals surface area (Å²) in [5.74, 6) is -0.194. The summed E-state index contributed by atoms with van der Waals surface area (Å²) in [4.78, 5) is 11.5. The number of hydrogen-bond donors (Lipinski definition) is 1. The maximum absolute atomic E-state index is 11.5. The van der Waals surface area contributed by atoms with Gasteiger partial charge in [0.1, 0.15) is 0 Å². The topological polar surface area (TPSA) is 46.9 Å². The van der Waals surface area contributed by atoms with Crippen LogP contribution in [0.2, 0.25) is 5.02 Å². The van der Waals surface area contributed by atoms with Crippen LogP contribution in [0.5, 0.6) is 0 Å². The van der Waals surface area contributed by atoms with E-state index in [0.29, 0.717) is 10.7 Å². The van der Waals surface area contributed by atoms with Gasteiger partial charge >= 0.3 is 0 Å². The Labute approximate surface area is 104 Å². The van der Waals surface area contributed by atoms with Gasteiger partial charge in [0.25, 0.3) is 5.91 Å². The number of carbonyl (C=O) groups is 1. The Bertz CT molecular complexity index is 545. The molecule has 0 radical (unpaired) electrons. The highest BCUT2D eigenvalue weighted by Crippen LogP contribution is 2.15. The number of halogens is 1. The fourth-order valence-electron chi connectivity index (χ4n) is 1.56. The number of benzene rings is 1. The van der Waals surface area contributed by atoms with Gasteiger partial charge in [-0.3, -0.25) is 4.79 Å².